The Labute approximate surface area is 115 Å². The molecule has 0 aliphatic heterocycles. The van der Waals surface area contributed by atoms with Crippen molar-refractivity contribution in [1.29, 1.82) is 0 Å². The zero-order chi connectivity index (χ0) is 14.4. The summed E-state index contributed by atoms with van der Waals surface area (Å²) in [6.45, 7) is 6.47. The molecule has 0 aromatic heterocycles. The quantitative estimate of drug-likeness (QED) is 0.778. The van der Waals surface area contributed by atoms with Crippen molar-refractivity contribution in [2.75, 3.05) is 13.1 Å². The number of carboxylic acids is 1. The lowest BCUT2D eigenvalue weighted by atomic mass is 9.98. The summed E-state index contributed by atoms with van der Waals surface area (Å²) < 4.78 is 0. The molecule has 0 aromatic rings. The minimum atomic E-state index is -0.968. The lowest BCUT2D eigenvalue weighted by Gasteiger charge is -2.28. The van der Waals surface area contributed by atoms with Gasteiger partial charge in [0, 0.05) is 12.6 Å². The molecule has 0 radical (unpaired) electrons. The van der Waals surface area contributed by atoms with Crippen LogP contribution in [0.25, 0.3) is 0 Å². The summed E-state index contributed by atoms with van der Waals surface area (Å²) in [6.07, 6.45) is 4.36. The minimum absolute atomic E-state index is 0.0582. The monoisotopic (exact) mass is 270 g/mol. The van der Waals surface area contributed by atoms with Crippen LogP contribution in [0.15, 0.2) is 0 Å². The second kappa shape index (κ2) is 7.36. The third kappa shape index (κ3) is 4.73. The molecule has 2 N–H and O–H groups in total. The van der Waals surface area contributed by atoms with Gasteiger partial charge in [0.25, 0.3) is 0 Å². The van der Waals surface area contributed by atoms with Crippen LogP contribution in [0.5, 0.6) is 0 Å². The largest absolute Gasteiger partial charge is 0.480 e. The Balaban J connectivity index is 2.49. The summed E-state index contributed by atoms with van der Waals surface area (Å²) in [7, 11) is 0. The number of urea groups is 1. The molecule has 19 heavy (non-hydrogen) atoms. The van der Waals surface area contributed by atoms with Crippen molar-refractivity contribution in [2.24, 2.45) is 11.8 Å². The first-order valence-corrected chi connectivity index (χ1v) is 7.22. The highest BCUT2D eigenvalue weighted by Gasteiger charge is 2.26. The van der Waals surface area contributed by atoms with Crippen LogP contribution in [0, 0.1) is 11.8 Å². The molecule has 1 fully saturated rings. The molecular weight excluding hydrogens is 244 g/mol. The molecule has 5 nitrogen and oxygen atoms in total. The summed E-state index contributed by atoms with van der Waals surface area (Å²) in [6, 6.07) is -0.312. The summed E-state index contributed by atoms with van der Waals surface area (Å²) in [5.74, 6) is 0.217. The van der Waals surface area contributed by atoms with Crippen LogP contribution in [0.3, 0.4) is 0 Å². The van der Waals surface area contributed by atoms with Crippen molar-refractivity contribution >= 4 is 12.0 Å². The Kier molecular flexibility index (Phi) is 6.12. The molecule has 0 aromatic carbocycles. The molecule has 2 amide bonds. The van der Waals surface area contributed by atoms with Gasteiger partial charge in [-0.2, -0.15) is 0 Å². The molecular formula is C14H26N2O3. The Hall–Kier alpha value is -1.26. The van der Waals surface area contributed by atoms with Crippen LogP contribution in [0.1, 0.15) is 46.5 Å². The smallest absolute Gasteiger partial charge is 0.323 e. The highest BCUT2D eigenvalue weighted by molar-refractivity contribution is 5.80. The summed E-state index contributed by atoms with van der Waals surface area (Å²) in [5.41, 5.74) is 0. The van der Waals surface area contributed by atoms with E-state index in [0.717, 1.165) is 12.8 Å². The Morgan fingerprint density at radius 1 is 1.42 bits per heavy atom. The predicted octanol–water partition coefficient (Wildman–Crippen LogP) is 2.32. The van der Waals surface area contributed by atoms with Crippen LogP contribution in [0.4, 0.5) is 4.79 Å². The van der Waals surface area contributed by atoms with E-state index in [9.17, 15) is 9.59 Å². The topological polar surface area (TPSA) is 69.6 Å². The third-order valence-electron chi connectivity index (χ3n) is 4.24. The zero-order valence-corrected chi connectivity index (χ0v) is 12.2. The molecule has 5 heteroatoms. The van der Waals surface area contributed by atoms with Crippen molar-refractivity contribution in [1.82, 2.24) is 10.2 Å². The first-order chi connectivity index (χ1) is 8.95. The Morgan fingerprint density at radius 3 is 2.58 bits per heavy atom. The number of carbonyl (C=O) groups is 2. The fraction of sp³-hybridized carbons (Fsp3) is 0.857. The van der Waals surface area contributed by atoms with Gasteiger partial charge in [-0.1, -0.05) is 26.7 Å². The van der Waals surface area contributed by atoms with Gasteiger partial charge in [-0.25, -0.2) is 4.79 Å². The van der Waals surface area contributed by atoms with Crippen molar-refractivity contribution in [2.45, 2.75) is 52.5 Å². The zero-order valence-electron chi connectivity index (χ0n) is 12.2. The van der Waals surface area contributed by atoms with Crippen LogP contribution >= 0.6 is 0 Å². The molecule has 1 aliphatic rings. The van der Waals surface area contributed by atoms with E-state index in [1.165, 1.54) is 17.7 Å². The van der Waals surface area contributed by atoms with Gasteiger partial charge >= 0.3 is 12.0 Å². The van der Waals surface area contributed by atoms with E-state index in [-0.39, 0.29) is 18.6 Å². The van der Waals surface area contributed by atoms with Gasteiger partial charge in [-0.05, 0) is 31.6 Å². The Morgan fingerprint density at radius 2 is 2.11 bits per heavy atom. The number of carboxylic acid groups (broad SMARTS) is 1. The molecule has 0 saturated heterocycles. The maximum atomic E-state index is 12.1. The van der Waals surface area contributed by atoms with Gasteiger partial charge in [0.15, 0.2) is 0 Å². The number of nitrogens with one attached hydrogen (secondary N) is 1. The number of aliphatic carboxylic acids is 1. The van der Waals surface area contributed by atoms with Crippen molar-refractivity contribution in [3.05, 3.63) is 0 Å². The second-order valence-corrected chi connectivity index (χ2v) is 5.63. The predicted molar refractivity (Wildman–Crippen MR) is 74.0 cm³/mol. The highest BCUT2D eigenvalue weighted by Crippen LogP contribution is 2.30. The molecule has 3 unspecified atom stereocenters. The first-order valence-electron chi connectivity index (χ1n) is 7.22. The molecule has 3 atom stereocenters. The maximum Gasteiger partial charge on any atom is 0.323 e. The van der Waals surface area contributed by atoms with E-state index in [0.29, 0.717) is 18.4 Å². The minimum Gasteiger partial charge on any atom is -0.480 e. The fourth-order valence-electron chi connectivity index (χ4n) is 2.64. The third-order valence-corrected chi connectivity index (χ3v) is 4.24. The van der Waals surface area contributed by atoms with Gasteiger partial charge < -0.3 is 15.3 Å². The van der Waals surface area contributed by atoms with E-state index in [1.54, 1.807) is 0 Å². The van der Waals surface area contributed by atoms with E-state index in [2.05, 4.69) is 12.2 Å². The van der Waals surface area contributed by atoms with E-state index in [4.69, 9.17) is 5.11 Å². The van der Waals surface area contributed by atoms with E-state index < -0.39 is 5.97 Å². The number of carbonyl (C=O) groups excluding carboxylic acids is 1. The van der Waals surface area contributed by atoms with Crippen molar-refractivity contribution in [3.63, 3.8) is 0 Å². The number of rotatable bonds is 6. The van der Waals surface area contributed by atoms with Crippen LogP contribution in [0.2, 0.25) is 0 Å². The van der Waals surface area contributed by atoms with Crippen LogP contribution in [-0.4, -0.2) is 41.1 Å². The number of hydrogen-bond donors (Lipinski definition) is 2. The SMILES string of the molecule is CCC(C)N(CC(=O)O)C(=O)NCC1CCCC1C. The lowest BCUT2D eigenvalue weighted by Crippen LogP contribution is -2.48. The van der Waals surface area contributed by atoms with Gasteiger partial charge in [0.2, 0.25) is 0 Å². The average Bonchev–Trinajstić information content (AvgIpc) is 2.77. The molecule has 0 spiro atoms. The summed E-state index contributed by atoms with van der Waals surface area (Å²) in [5, 5.41) is 11.8. The van der Waals surface area contributed by atoms with Crippen molar-refractivity contribution in [3.8, 4) is 0 Å². The summed E-state index contributed by atoms with van der Waals surface area (Å²) >= 11 is 0. The van der Waals surface area contributed by atoms with E-state index >= 15 is 0 Å². The maximum absolute atomic E-state index is 12.1. The molecule has 0 heterocycles. The number of nitrogens with zero attached hydrogens (tertiary/aromatic N) is 1. The van der Waals surface area contributed by atoms with Gasteiger partial charge in [0.05, 0.1) is 0 Å². The second-order valence-electron chi connectivity index (χ2n) is 5.63. The average molecular weight is 270 g/mol. The highest BCUT2D eigenvalue weighted by atomic mass is 16.4. The molecule has 1 saturated carbocycles. The van der Waals surface area contributed by atoms with Crippen molar-refractivity contribution < 1.29 is 14.7 Å². The normalized spacial score (nSPS) is 23.9. The molecule has 110 valence electrons. The van der Waals surface area contributed by atoms with Crippen LogP contribution in [-0.2, 0) is 4.79 Å². The lowest BCUT2D eigenvalue weighted by molar-refractivity contribution is -0.138. The van der Waals surface area contributed by atoms with Crippen LogP contribution < -0.4 is 5.32 Å². The standard InChI is InChI=1S/C14H26N2O3/c1-4-11(3)16(9-13(17)18)14(19)15-8-12-7-5-6-10(12)2/h10-12H,4-9H2,1-3H3,(H,15,19)(H,17,18). The molecule has 1 aliphatic carbocycles. The van der Waals surface area contributed by atoms with Gasteiger partial charge in [0.1, 0.15) is 6.54 Å². The van der Waals surface area contributed by atoms with Gasteiger partial charge in [-0.3, -0.25) is 4.79 Å². The molecule has 1 rings (SSSR count). The summed E-state index contributed by atoms with van der Waals surface area (Å²) in [4.78, 5) is 24.3. The number of hydrogen-bond acceptors (Lipinski definition) is 2. The van der Waals surface area contributed by atoms with E-state index in [1.807, 2.05) is 13.8 Å². The Bertz CT molecular complexity index is 320. The van der Waals surface area contributed by atoms with Gasteiger partial charge in [-0.15, -0.1) is 0 Å². The molecule has 0 bridgehead atoms. The first kappa shape index (κ1) is 15.8. The fourth-order valence-corrected chi connectivity index (χ4v) is 2.64. The number of amides is 2.